The summed E-state index contributed by atoms with van der Waals surface area (Å²) in [5.74, 6) is 0. The first-order valence-electron chi connectivity index (χ1n) is 8.94. The molecule has 0 saturated carbocycles. The summed E-state index contributed by atoms with van der Waals surface area (Å²) in [4.78, 5) is 14.9. The van der Waals surface area contributed by atoms with Gasteiger partial charge in [0.05, 0.1) is 23.1 Å². The van der Waals surface area contributed by atoms with Crippen molar-refractivity contribution in [1.29, 1.82) is 0 Å². The van der Waals surface area contributed by atoms with Gasteiger partial charge in [-0.05, 0) is 50.1 Å². The number of hydrogen-bond donors (Lipinski definition) is 1. The van der Waals surface area contributed by atoms with Crippen LogP contribution in [0.4, 0.5) is 10.5 Å². The van der Waals surface area contributed by atoms with E-state index < -0.39 is 0 Å². The van der Waals surface area contributed by atoms with E-state index in [1.165, 1.54) is 5.69 Å². The van der Waals surface area contributed by atoms with Crippen LogP contribution in [0, 0.1) is 6.92 Å². The van der Waals surface area contributed by atoms with Gasteiger partial charge in [-0.2, -0.15) is 5.10 Å². The van der Waals surface area contributed by atoms with Gasteiger partial charge in [-0.1, -0.05) is 12.1 Å². The molecule has 3 heterocycles. The van der Waals surface area contributed by atoms with Gasteiger partial charge in [-0.15, -0.1) is 0 Å². The number of urea groups is 1. The lowest BCUT2D eigenvalue weighted by molar-refractivity contribution is 0.205. The second kappa shape index (κ2) is 6.71. The molecule has 1 atom stereocenters. The molecule has 1 unspecified atom stereocenters. The molecule has 1 fully saturated rings. The molecule has 0 aliphatic carbocycles. The molecule has 2 amide bonds. The average Bonchev–Trinajstić information content (AvgIpc) is 3.35. The van der Waals surface area contributed by atoms with Gasteiger partial charge in [0.25, 0.3) is 0 Å². The highest BCUT2D eigenvalue weighted by Gasteiger charge is 2.31. The highest BCUT2D eigenvalue weighted by molar-refractivity contribution is 5.92. The zero-order chi connectivity index (χ0) is 18.1. The fourth-order valence-electron chi connectivity index (χ4n) is 3.65. The maximum Gasteiger partial charge on any atom is 0.322 e. The van der Waals surface area contributed by atoms with Crippen LogP contribution in [0.1, 0.15) is 30.3 Å². The summed E-state index contributed by atoms with van der Waals surface area (Å²) in [5.41, 5.74) is 3.74. The zero-order valence-corrected chi connectivity index (χ0v) is 15.1. The molecule has 26 heavy (non-hydrogen) atoms. The molecule has 134 valence electrons. The number of para-hydroxylation sites is 2. The predicted octanol–water partition coefficient (Wildman–Crippen LogP) is 3.89. The van der Waals surface area contributed by atoms with E-state index in [9.17, 15) is 4.79 Å². The van der Waals surface area contributed by atoms with Crippen molar-refractivity contribution in [2.24, 2.45) is 7.05 Å². The highest BCUT2D eigenvalue weighted by atomic mass is 16.2. The maximum atomic E-state index is 13.0. The molecule has 1 aliphatic rings. The summed E-state index contributed by atoms with van der Waals surface area (Å²) in [5, 5.41) is 7.55. The number of anilines is 1. The molecule has 1 saturated heterocycles. The van der Waals surface area contributed by atoms with Crippen molar-refractivity contribution in [2.45, 2.75) is 25.8 Å². The van der Waals surface area contributed by atoms with Crippen LogP contribution in [0.2, 0.25) is 0 Å². The number of aryl methyl sites for hydroxylation is 2. The van der Waals surface area contributed by atoms with E-state index in [1.807, 2.05) is 67.7 Å². The molecule has 6 heteroatoms. The van der Waals surface area contributed by atoms with Crippen molar-refractivity contribution in [1.82, 2.24) is 19.2 Å². The molecule has 2 aromatic heterocycles. The fraction of sp³-hybridized carbons (Fsp3) is 0.300. The summed E-state index contributed by atoms with van der Waals surface area (Å²) in [6, 6.07) is 13.9. The Kier molecular flexibility index (Phi) is 4.24. The highest BCUT2D eigenvalue weighted by Crippen LogP contribution is 2.32. The first-order valence-corrected chi connectivity index (χ1v) is 8.94. The molecule has 6 nitrogen and oxygen atoms in total. The average molecular weight is 349 g/mol. The molecule has 1 aliphatic heterocycles. The van der Waals surface area contributed by atoms with Crippen molar-refractivity contribution in [3.05, 3.63) is 66.2 Å². The summed E-state index contributed by atoms with van der Waals surface area (Å²) in [6.45, 7) is 2.72. The first-order chi connectivity index (χ1) is 12.6. The quantitative estimate of drug-likeness (QED) is 0.780. The lowest BCUT2D eigenvalue weighted by Crippen LogP contribution is -2.35. The van der Waals surface area contributed by atoms with Gasteiger partial charge in [-0.3, -0.25) is 0 Å². The SMILES string of the molecule is Cc1ccn(-c2ccccc2NC(=O)N2CCCC2c2cccn2C)n1. The minimum Gasteiger partial charge on any atom is -0.353 e. The summed E-state index contributed by atoms with van der Waals surface area (Å²) >= 11 is 0. The van der Waals surface area contributed by atoms with E-state index in [1.54, 1.807) is 4.68 Å². The molecule has 0 radical (unpaired) electrons. The van der Waals surface area contributed by atoms with E-state index >= 15 is 0 Å². The van der Waals surface area contributed by atoms with Crippen molar-refractivity contribution in [3.63, 3.8) is 0 Å². The van der Waals surface area contributed by atoms with Crippen LogP contribution < -0.4 is 5.32 Å². The third kappa shape index (κ3) is 2.98. The zero-order valence-electron chi connectivity index (χ0n) is 15.1. The van der Waals surface area contributed by atoms with Crippen molar-refractivity contribution in [3.8, 4) is 5.69 Å². The van der Waals surface area contributed by atoms with E-state index in [0.29, 0.717) is 0 Å². The van der Waals surface area contributed by atoms with Crippen LogP contribution in [0.5, 0.6) is 0 Å². The molecule has 1 N–H and O–H groups in total. The van der Waals surface area contributed by atoms with Gasteiger partial charge >= 0.3 is 6.03 Å². The van der Waals surface area contributed by atoms with Crippen LogP contribution in [-0.2, 0) is 7.05 Å². The van der Waals surface area contributed by atoms with Crippen LogP contribution in [0.15, 0.2) is 54.9 Å². The number of nitrogens with one attached hydrogen (secondary N) is 1. The second-order valence-corrected chi connectivity index (χ2v) is 6.74. The number of amides is 2. The molecular weight excluding hydrogens is 326 g/mol. The molecule has 3 aromatic rings. The number of nitrogens with zero attached hydrogens (tertiary/aromatic N) is 4. The molecule has 4 rings (SSSR count). The molecule has 1 aromatic carbocycles. The van der Waals surface area contributed by atoms with Crippen molar-refractivity contribution < 1.29 is 4.79 Å². The summed E-state index contributed by atoms with van der Waals surface area (Å²) in [7, 11) is 2.03. The third-order valence-corrected chi connectivity index (χ3v) is 4.95. The van der Waals surface area contributed by atoms with Crippen molar-refractivity contribution >= 4 is 11.7 Å². The van der Waals surface area contributed by atoms with Gasteiger partial charge in [0, 0.05) is 31.7 Å². The van der Waals surface area contributed by atoms with E-state index in [0.717, 1.165) is 36.5 Å². The standard InChI is InChI=1S/C20H23N5O/c1-15-11-14-25(22-15)17-8-4-3-7-16(17)21-20(26)24-13-6-10-19(24)18-9-5-12-23(18)2/h3-5,7-9,11-12,14,19H,6,10,13H2,1-2H3,(H,21,26). The van der Waals surface area contributed by atoms with E-state index in [2.05, 4.69) is 21.0 Å². The Bertz CT molecular complexity index is 926. The van der Waals surface area contributed by atoms with Gasteiger partial charge < -0.3 is 14.8 Å². The number of carbonyl (C=O) groups excluding carboxylic acids is 1. The van der Waals surface area contributed by atoms with Crippen LogP contribution in [0.3, 0.4) is 0 Å². The fourth-order valence-corrected chi connectivity index (χ4v) is 3.65. The van der Waals surface area contributed by atoms with Crippen molar-refractivity contribution in [2.75, 3.05) is 11.9 Å². The molecule has 0 bridgehead atoms. The smallest absolute Gasteiger partial charge is 0.322 e. The number of aromatic nitrogens is 3. The van der Waals surface area contributed by atoms with Gasteiger partial charge in [-0.25, -0.2) is 9.48 Å². The summed E-state index contributed by atoms with van der Waals surface area (Å²) in [6.07, 6.45) is 5.94. The van der Waals surface area contributed by atoms with E-state index in [4.69, 9.17) is 0 Å². The Morgan fingerprint density at radius 1 is 1.15 bits per heavy atom. The minimum atomic E-state index is -0.0648. The number of hydrogen-bond acceptors (Lipinski definition) is 2. The summed E-state index contributed by atoms with van der Waals surface area (Å²) < 4.78 is 3.89. The number of carbonyl (C=O) groups is 1. The second-order valence-electron chi connectivity index (χ2n) is 6.74. The Morgan fingerprint density at radius 3 is 2.73 bits per heavy atom. The lowest BCUT2D eigenvalue weighted by atomic mass is 10.1. The van der Waals surface area contributed by atoms with Crippen LogP contribution in [0.25, 0.3) is 5.69 Å². The Balaban J connectivity index is 1.58. The Hall–Kier alpha value is -3.02. The lowest BCUT2D eigenvalue weighted by Gasteiger charge is -2.26. The normalized spacial score (nSPS) is 16.8. The Morgan fingerprint density at radius 2 is 2.00 bits per heavy atom. The number of rotatable bonds is 3. The monoisotopic (exact) mass is 349 g/mol. The number of likely N-dealkylation sites (tertiary alicyclic amines) is 1. The topological polar surface area (TPSA) is 55.1 Å². The largest absolute Gasteiger partial charge is 0.353 e. The predicted molar refractivity (Wildman–Crippen MR) is 101 cm³/mol. The van der Waals surface area contributed by atoms with E-state index in [-0.39, 0.29) is 12.1 Å². The molecular formula is C20H23N5O. The van der Waals surface area contributed by atoms with Gasteiger partial charge in [0.2, 0.25) is 0 Å². The van der Waals surface area contributed by atoms with Gasteiger partial charge in [0.1, 0.15) is 0 Å². The van der Waals surface area contributed by atoms with Crippen LogP contribution in [-0.4, -0.2) is 31.8 Å². The molecule has 0 spiro atoms. The first kappa shape index (κ1) is 16.4. The number of benzene rings is 1. The third-order valence-electron chi connectivity index (χ3n) is 4.95. The minimum absolute atomic E-state index is 0.0648. The van der Waals surface area contributed by atoms with Gasteiger partial charge in [0.15, 0.2) is 0 Å². The van der Waals surface area contributed by atoms with Crippen LogP contribution >= 0.6 is 0 Å². The maximum absolute atomic E-state index is 13.0. The Labute approximate surface area is 153 Å².